The molecule has 1 aliphatic heterocycles. The zero-order chi connectivity index (χ0) is 12.9. The third kappa shape index (κ3) is 8.32. The number of allylic oxidation sites excluding steroid dienone is 1. The summed E-state index contributed by atoms with van der Waals surface area (Å²) in [6.45, 7) is 1.09. The standard InChI is InChI=1S/C16H29NO/c18-15-16-11-7-3-1-2-5-9-13-17-14-10-6-4-8-12-16/h9,13,15-17H,1-8,10-12,14H2/b13-9+. The molecule has 0 bridgehead atoms. The van der Waals surface area contributed by atoms with Gasteiger partial charge >= 0.3 is 0 Å². The van der Waals surface area contributed by atoms with Crippen molar-refractivity contribution in [3.8, 4) is 0 Å². The fraction of sp³-hybridized carbons (Fsp3) is 0.812. The molecule has 1 atom stereocenters. The van der Waals surface area contributed by atoms with Gasteiger partial charge in [0.1, 0.15) is 6.29 Å². The van der Waals surface area contributed by atoms with Gasteiger partial charge in [0.25, 0.3) is 0 Å². The summed E-state index contributed by atoms with van der Waals surface area (Å²) in [5.74, 6) is 0.330. The van der Waals surface area contributed by atoms with Crippen LogP contribution in [0.2, 0.25) is 0 Å². The predicted molar refractivity (Wildman–Crippen MR) is 77.5 cm³/mol. The summed E-state index contributed by atoms with van der Waals surface area (Å²) in [6.07, 6.45) is 19.1. The van der Waals surface area contributed by atoms with Gasteiger partial charge in [0.15, 0.2) is 0 Å². The Kier molecular flexibility index (Phi) is 9.59. The first-order chi connectivity index (χ1) is 8.93. The fourth-order valence-corrected chi connectivity index (χ4v) is 2.54. The van der Waals surface area contributed by atoms with Crippen molar-refractivity contribution in [2.45, 2.75) is 70.6 Å². The van der Waals surface area contributed by atoms with Crippen molar-refractivity contribution in [2.75, 3.05) is 6.54 Å². The van der Waals surface area contributed by atoms with Crippen molar-refractivity contribution in [3.63, 3.8) is 0 Å². The summed E-state index contributed by atoms with van der Waals surface area (Å²) in [5.41, 5.74) is 0. The first-order valence-electron chi connectivity index (χ1n) is 7.77. The third-order valence-electron chi connectivity index (χ3n) is 3.77. The SMILES string of the molecule is O=CC1CCCCCC/C=C/NCCCCCC1. The molecule has 104 valence electrons. The molecule has 0 saturated carbocycles. The van der Waals surface area contributed by atoms with Gasteiger partial charge in [-0.05, 0) is 38.3 Å². The molecule has 18 heavy (non-hydrogen) atoms. The molecule has 1 N–H and O–H groups in total. The van der Waals surface area contributed by atoms with Gasteiger partial charge in [0.05, 0.1) is 0 Å². The molecule has 0 amide bonds. The van der Waals surface area contributed by atoms with Crippen molar-refractivity contribution in [1.82, 2.24) is 5.32 Å². The highest BCUT2D eigenvalue weighted by atomic mass is 16.1. The van der Waals surface area contributed by atoms with Gasteiger partial charge in [-0.1, -0.05) is 44.6 Å². The first kappa shape index (κ1) is 15.3. The summed E-state index contributed by atoms with van der Waals surface area (Å²) in [5, 5.41) is 3.35. The molecule has 2 nitrogen and oxygen atoms in total. The molecule has 0 aromatic heterocycles. The minimum Gasteiger partial charge on any atom is -0.391 e. The Morgan fingerprint density at radius 3 is 2.28 bits per heavy atom. The van der Waals surface area contributed by atoms with Crippen LogP contribution in [0, 0.1) is 5.92 Å². The Labute approximate surface area is 112 Å². The normalized spacial score (nSPS) is 27.0. The van der Waals surface area contributed by atoms with E-state index in [1.807, 2.05) is 0 Å². The van der Waals surface area contributed by atoms with Gasteiger partial charge in [-0.25, -0.2) is 0 Å². The van der Waals surface area contributed by atoms with Crippen molar-refractivity contribution < 1.29 is 4.79 Å². The molecule has 0 aromatic rings. The van der Waals surface area contributed by atoms with E-state index in [2.05, 4.69) is 17.6 Å². The van der Waals surface area contributed by atoms with E-state index >= 15 is 0 Å². The molecule has 0 aliphatic carbocycles. The molecule has 1 aliphatic rings. The molecule has 0 saturated heterocycles. The van der Waals surface area contributed by atoms with Crippen molar-refractivity contribution >= 4 is 6.29 Å². The molecular formula is C16H29NO. The largest absolute Gasteiger partial charge is 0.391 e. The Bertz CT molecular complexity index is 225. The molecule has 2 heteroatoms. The molecule has 0 radical (unpaired) electrons. The van der Waals surface area contributed by atoms with Crippen molar-refractivity contribution in [3.05, 3.63) is 12.3 Å². The number of nitrogens with one attached hydrogen (secondary N) is 1. The Hall–Kier alpha value is -0.790. The minimum atomic E-state index is 0.330. The molecule has 1 heterocycles. The lowest BCUT2D eigenvalue weighted by Gasteiger charge is -2.10. The predicted octanol–water partition coefficient (Wildman–Crippen LogP) is 4.21. The van der Waals surface area contributed by atoms with Gasteiger partial charge in [-0.15, -0.1) is 0 Å². The summed E-state index contributed by atoms with van der Waals surface area (Å²) in [7, 11) is 0. The van der Waals surface area contributed by atoms with E-state index < -0.39 is 0 Å². The Morgan fingerprint density at radius 1 is 0.889 bits per heavy atom. The van der Waals surface area contributed by atoms with Crippen molar-refractivity contribution in [1.29, 1.82) is 0 Å². The molecule has 1 unspecified atom stereocenters. The molecule has 0 aromatic carbocycles. The average Bonchev–Trinajstić information content (AvgIpc) is 2.39. The minimum absolute atomic E-state index is 0.330. The van der Waals surface area contributed by atoms with Crippen LogP contribution in [-0.2, 0) is 4.79 Å². The van der Waals surface area contributed by atoms with Gasteiger partial charge in [0.2, 0.25) is 0 Å². The summed E-state index contributed by atoms with van der Waals surface area (Å²) in [6, 6.07) is 0. The third-order valence-corrected chi connectivity index (χ3v) is 3.77. The van der Waals surface area contributed by atoms with E-state index in [1.54, 1.807) is 0 Å². The maximum absolute atomic E-state index is 11.0. The highest BCUT2D eigenvalue weighted by Gasteiger charge is 2.06. The summed E-state index contributed by atoms with van der Waals surface area (Å²) in [4.78, 5) is 11.0. The van der Waals surface area contributed by atoms with Crippen LogP contribution < -0.4 is 5.32 Å². The Balaban J connectivity index is 2.23. The van der Waals surface area contributed by atoms with Crippen LogP contribution in [0.1, 0.15) is 70.6 Å². The zero-order valence-corrected chi connectivity index (χ0v) is 11.7. The summed E-state index contributed by atoms with van der Waals surface area (Å²) < 4.78 is 0. The number of rotatable bonds is 1. The van der Waals surface area contributed by atoms with Gasteiger partial charge in [0, 0.05) is 12.5 Å². The number of carbonyl (C=O) groups excluding carboxylic acids is 1. The number of aldehydes is 1. The number of carbonyl (C=O) groups is 1. The lowest BCUT2D eigenvalue weighted by atomic mass is 9.95. The Morgan fingerprint density at radius 2 is 1.56 bits per heavy atom. The first-order valence-corrected chi connectivity index (χ1v) is 7.77. The highest BCUT2D eigenvalue weighted by Crippen LogP contribution is 2.17. The second-order valence-corrected chi connectivity index (χ2v) is 5.45. The van der Waals surface area contributed by atoms with Gasteiger partial charge in [-0.2, -0.15) is 0 Å². The maximum Gasteiger partial charge on any atom is 0.123 e. The van der Waals surface area contributed by atoms with Gasteiger partial charge in [-0.3, -0.25) is 0 Å². The smallest absolute Gasteiger partial charge is 0.123 e. The number of hydrogen-bond acceptors (Lipinski definition) is 2. The van der Waals surface area contributed by atoms with E-state index in [4.69, 9.17) is 0 Å². The quantitative estimate of drug-likeness (QED) is 0.707. The lowest BCUT2D eigenvalue weighted by Crippen LogP contribution is -2.07. The summed E-state index contributed by atoms with van der Waals surface area (Å²) >= 11 is 0. The topological polar surface area (TPSA) is 29.1 Å². The van der Waals surface area contributed by atoms with E-state index in [0.717, 1.165) is 19.4 Å². The van der Waals surface area contributed by atoms with E-state index in [-0.39, 0.29) is 0 Å². The van der Waals surface area contributed by atoms with Crippen LogP contribution in [0.5, 0.6) is 0 Å². The van der Waals surface area contributed by atoms with E-state index in [0.29, 0.717) is 5.92 Å². The monoisotopic (exact) mass is 251 g/mol. The molecule has 0 fully saturated rings. The van der Waals surface area contributed by atoms with Crippen LogP contribution in [-0.4, -0.2) is 12.8 Å². The van der Waals surface area contributed by atoms with Crippen LogP contribution in [0.25, 0.3) is 0 Å². The van der Waals surface area contributed by atoms with Crippen LogP contribution in [0.15, 0.2) is 12.3 Å². The number of hydrogen-bond donors (Lipinski definition) is 1. The second-order valence-electron chi connectivity index (χ2n) is 5.45. The zero-order valence-electron chi connectivity index (χ0n) is 11.7. The fourth-order valence-electron chi connectivity index (χ4n) is 2.54. The van der Waals surface area contributed by atoms with Gasteiger partial charge < -0.3 is 10.1 Å². The van der Waals surface area contributed by atoms with E-state index in [9.17, 15) is 4.79 Å². The van der Waals surface area contributed by atoms with Crippen LogP contribution in [0.3, 0.4) is 0 Å². The van der Waals surface area contributed by atoms with Crippen LogP contribution in [0.4, 0.5) is 0 Å². The molecule has 1 rings (SSSR count). The van der Waals surface area contributed by atoms with E-state index in [1.165, 1.54) is 64.1 Å². The highest BCUT2D eigenvalue weighted by molar-refractivity contribution is 5.53. The molecular weight excluding hydrogens is 222 g/mol. The lowest BCUT2D eigenvalue weighted by molar-refractivity contribution is -0.111. The second kappa shape index (κ2) is 11.3. The average molecular weight is 251 g/mol. The molecule has 0 spiro atoms. The maximum atomic E-state index is 11.0. The van der Waals surface area contributed by atoms with Crippen LogP contribution >= 0.6 is 0 Å². The van der Waals surface area contributed by atoms with Crippen molar-refractivity contribution in [2.24, 2.45) is 5.92 Å².